The topological polar surface area (TPSA) is 159 Å². The lowest BCUT2D eigenvalue weighted by molar-refractivity contribution is -0.142. The van der Waals surface area contributed by atoms with Gasteiger partial charge in [-0.25, -0.2) is 4.79 Å². The maximum atomic E-state index is 11.7. The third-order valence-corrected chi connectivity index (χ3v) is 2.92. The maximum absolute atomic E-state index is 11.7. The van der Waals surface area contributed by atoms with Crippen LogP contribution in [0.25, 0.3) is 0 Å². The number of aliphatic carboxylic acids is 1. The smallest absolute Gasteiger partial charge is 0.326 e. The highest BCUT2D eigenvalue weighted by atomic mass is 16.4. The van der Waals surface area contributed by atoms with Crippen LogP contribution >= 0.6 is 0 Å². The fourth-order valence-corrected chi connectivity index (χ4v) is 1.73. The minimum absolute atomic E-state index is 0.136. The molecular formula is C13H19N3O5. The van der Waals surface area contributed by atoms with Gasteiger partial charge in [-0.1, -0.05) is 6.07 Å². The second kappa shape index (κ2) is 7.46. The number of hydrogen-bond acceptors (Lipinski definition) is 6. The first-order valence-corrected chi connectivity index (χ1v) is 6.34. The van der Waals surface area contributed by atoms with Gasteiger partial charge in [0.05, 0.1) is 6.04 Å². The summed E-state index contributed by atoms with van der Waals surface area (Å²) >= 11 is 0. The Morgan fingerprint density at radius 1 is 1.29 bits per heavy atom. The molecule has 0 radical (unpaired) electrons. The van der Waals surface area contributed by atoms with Crippen LogP contribution in [0.15, 0.2) is 18.2 Å². The number of benzene rings is 1. The number of carboxylic acids is 1. The van der Waals surface area contributed by atoms with Crippen LogP contribution in [-0.4, -0.2) is 45.8 Å². The lowest BCUT2D eigenvalue weighted by Gasteiger charge is -2.18. The van der Waals surface area contributed by atoms with E-state index in [2.05, 4.69) is 5.32 Å². The summed E-state index contributed by atoms with van der Waals surface area (Å²) in [4.78, 5) is 22.9. The second-order valence-electron chi connectivity index (χ2n) is 4.60. The summed E-state index contributed by atoms with van der Waals surface area (Å²) in [5.74, 6) is -2.26. The van der Waals surface area contributed by atoms with Gasteiger partial charge < -0.3 is 32.1 Å². The molecule has 1 aromatic carbocycles. The predicted molar refractivity (Wildman–Crippen MR) is 74.7 cm³/mol. The number of nitrogens with one attached hydrogen (secondary N) is 1. The minimum atomic E-state index is -1.25. The van der Waals surface area contributed by atoms with Gasteiger partial charge in [0.15, 0.2) is 0 Å². The number of amides is 1. The summed E-state index contributed by atoms with van der Waals surface area (Å²) in [5.41, 5.74) is 11.1. The average molecular weight is 297 g/mol. The summed E-state index contributed by atoms with van der Waals surface area (Å²) < 4.78 is 0. The highest BCUT2D eigenvalue weighted by Crippen LogP contribution is 2.23. The molecule has 1 rings (SSSR count). The van der Waals surface area contributed by atoms with E-state index in [9.17, 15) is 19.8 Å². The number of carbonyl (C=O) groups excluding carboxylic acids is 1. The van der Waals surface area contributed by atoms with E-state index in [1.54, 1.807) is 0 Å². The van der Waals surface area contributed by atoms with Crippen LogP contribution in [0.2, 0.25) is 0 Å². The molecule has 116 valence electrons. The molecule has 1 aromatic rings. The first kappa shape index (κ1) is 16.7. The highest BCUT2D eigenvalue weighted by Gasteiger charge is 2.24. The fourth-order valence-electron chi connectivity index (χ4n) is 1.73. The molecule has 0 spiro atoms. The number of phenolic OH excluding ortho intramolecular Hbond substituents is 2. The van der Waals surface area contributed by atoms with Crippen LogP contribution in [-0.2, 0) is 16.0 Å². The largest absolute Gasteiger partial charge is 0.508 e. The van der Waals surface area contributed by atoms with Gasteiger partial charge in [0.1, 0.15) is 17.5 Å². The zero-order valence-electron chi connectivity index (χ0n) is 11.3. The SMILES string of the molecule is NCCC(N)C(=O)NC(Cc1ccc(O)cc1O)C(=O)O. The Kier molecular flexibility index (Phi) is 5.94. The molecular weight excluding hydrogens is 278 g/mol. The number of nitrogens with two attached hydrogens (primary N) is 2. The third kappa shape index (κ3) is 4.93. The van der Waals surface area contributed by atoms with E-state index in [1.165, 1.54) is 12.1 Å². The Balaban J connectivity index is 2.78. The van der Waals surface area contributed by atoms with Crippen molar-refractivity contribution in [3.05, 3.63) is 23.8 Å². The van der Waals surface area contributed by atoms with Crippen molar-refractivity contribution in [2.45, 2.75) is 24.9 Å². The van der Waals surface area contributed by atoms with Crippen molar-refractivity contribution >= 4 is 11.9 Å². The molecule has 0 saturated carbocycles. The van der Waals surface area contributed by atoms with E-state index >= 15 is 0 Å². The zero-order valence-corrected chi connectivity index (χ0v) is 11.3. The van der Waals surface area contributed by atoms with E-state index in [1.807, 2.05) is 0 Å². The van der Waals surface area contributed by atoms with Crippen LogP contribution in [0.1, 0.15) is 12.0 Å². The Hall–Kier alpha value is -2.32. The number of rotatable bonds is 7. The first-order chi connectivity index (χ1) is 9.85. The van der Waals surface area contributed by atoms with Gasteiger partial charge in [-0.05, 0) is 24.6 Å². The Labute approximate surface area is 121 Å². The molecule has 1 amide bonds. The number of carboxylic acid groups (broad SMARTS) is 1. The number of hydrogen-bond donors (Lipinski definition) is 6. The fraction of sp³-hybridized carbons (Fsp3) is 0.385. The number of phenols is 2. The van der Waals surface area contributed by atoms with Crippen molar-refractivity contribution in [1.29, 1.82) is 0 Å². The van der Waals surface area contributed by atoms with Gasteiger partial charge in [-0.2, -0.15) is 0 Å². The van der Waals surface area contributed by atoms with Gasteiger partial charge in [0.2, 0.25) is 5.91 Å². The highest BCUT2D eigenvalue weighted by molar-refractivity contribution is 5.87. The van der Waals surface area contributed by atoms with E-state index in [0.717, 1.165) is 6.07 Å². The molecule has 0 heterocycles. The molecule has 0 aliphatic carbocycles. The second-order valence-corrected chi connectivity index (χ2v) is 4.60. The first-order valence-electron chi connectivity index (χ1n) is 6.34. The molecule has 2 unspecified atom stereocenters. The molecule has 0 bridgehead atoms. The zero-order chi connectivity index (χ0) is 16.0. The summed E-state index contributed by atoms with van der Waals surface area (Å²) in [6, 6.07) is 1.67. The summed E-state index contributed by atoms with van der Waals surface area (Å²) in [6.07, 6.45) is 0.102. The predicted octanol–water partition coefficient (Wildman–Crippen LogP) is -1.11. The third-order valence-electron chi connectivity index (χ3n) is 2.92. The minimum Gasteiger partial charge on any atom is -0.508 e. The van der Waals surface area contributed by atoms with Gasteiger partial charge in [-0.3, -0.25) is 4.79 Å². The molecule has 0 aliphatic heterocycles. The number of carbonyl (C=O) groups is 2. The van der Waals surface area contributed by atoms with E-state index in [4.69, 9.17) is 16.6 Å². The Bertz CT molecular complexity index is 521. The van der Waals surface area contributed by atoms with Crippen LogP contribution in [0.4, 0.5) is 0 Å². The van der Waals surface area contributed by atoms with Gasteiger partial charge >= 0.3 is 5.97 Å². The van der Waals surface area contributed by atoms with Crippen molar-refractivity contribution in [2.75, 3.05) is 6.54 Å². The van der Waals surface area contributed by atoms with E-state index < -0.39 is 24.0 Å². The Morgan fingerprint density at radius 3 is 2.48 bits per heavy atom. The molecule has 8 heteroatoms. The molecule has 8 N–H and O–H groups in total. The molecule has 0 aromatic heterocycles. The monoisotopic (exact) mass is 297 g/mol. The average Bonchev–Trinajstić information content (AvgIpc) is 2.40. The Morgan fingerprint density at radius 2 is 1.95 bits per heavy atom. The van der Waals surface area contributed by atoms with E-state index in [0.29, 0.717) is 0 Å². The molecule has 2 atom stereocenters. The van der Waals surface area contributed by atoms with Crippen molar-refractivity contribution in [3.63, 3.8) is 0 Å². The van der Waals surface area contributed by atoms with Crippen molar-refractivity contribution in [3.8, 4) is 11.5 Å². The standard InChI is InChI=1S/C13H19N3O5/c14-4-3-9(15)12(19)16-10(13(20)21)5-7-1-2-8(17)6-11(7)18/h1-2,6,9-10,17-18H,3-5,14-15H2,(H,16,19)(H,20,21). The lowest BCUT2D eigenvalue weighted by Crippen LogP contribution is -2.49. The quantitative estimate of drug-likeness (QED) is 0.372. The van der Waals surface area contributed by atoms with Gasteiger partial charge in [-0.15, -0.1) is 0 Å². The molecule has 8 nitrogen and oxygen atoms in total. The molecule has 0 saturated heterocycles. The van der Waals surface area contributed by atoms with Crippen LogP contribution in [0.5, 0.6) is 11.5 Å². The van der Waals surface area contributed by atoms with Gasteiger partial charge in [0, 0.05) is 12.5 Å². The van der Waals surface area contributed by atoms with Crippen molar-refractivity contribution in [1.82, 2.24) is 5.32 Å². The van der Waals surface area contributed by atoms with Crippen molar-refractivity contribution in [2.24, 2.45) is 11.5 Å². The van der Waals surface area contributed by atoms with E-state index in [-0.39, 0.29) is 36.4 Å². The normalized spacial score (nSPS) is 13.4. The van der Waals surface area contributed by atoms with Crippen LogP contribution < -0.4 is 16.8 Å². The van der Waals surface area contributed by atoms with Crippen molar-refractivity contribution < 1.29 is 24.9 Å². The van der Waals surface area contributed by atoms with Gasteiger partial charge in [0.25, 0.3) is 0 Å². The van der Waals surface area contributed by atoms with Crippen LogP contribution in [0, 0.1) is 0 Å². The number of aromatic hydroxyl groups is 2. The summed E-state index contributed by atoms with van der Waals surface area (Å²) in [7, 11) is 0. The summed E-state index contributed by atoms with van der Waals surface area (Å²) in [5, 5.41) is 30.3. The molecule has 0 fully saturated rings. The summed E-state index contributed by atoms with van der Waals surface area (Å²) in [6.45, 7) is 0.213. The van der Waals surface area contributed by atoms with Crippen LogP contribution in [0.3, 0.4) is 0 Å². The molecule has 0 aliphatic rings. The lowest BCUT2D eigenvalue weighted by atomic mass is 10.0. The maximum Gasteiger partial charge on any atom is 0.326 e. The molecule has 21 heavy (non-hydrogen) atoms.